The Kier molecular flexibility index (Phi) is 5.75. The van der Waals surface area contributed by atoms with Gasteiger partial charge in [0, 0.05) is 18.3 Å². The molecule has 1 N–H and O–H groups in total. The van der Waals surface area contributed by atoms with Crippen LogP contribution in [-0.2, 0) is 9.84 Å². The van der Waals surface area contributed by atoms with Gasteiger partial charge in [0.05, 0.1) is 5.75 Å². The second kappa shape index (κ2) is 6.85. The molecule has 0 aliphatic carbocycles. The fourth-order valence-corrected chi connectivity index (χ4v) is 2.44. The van der Waals surface area contributed by atoms with Crippen LogP contribution in [0.4, 0.5) is 4.39 Å². The van der Waals surface area contributed by atoms with E-state index in [1.807, 2.05) is 6.92 Å². The molecule has 5 heteroatoms. The Hall–Kier alpha value is -0.940. The van der Waals surface area contributed by atoms with Crippen LogP contribution >= 0.6 is 0 Å². The predicted molar refractivity (Wildman–Crippen MR) is 71.8 cm³/mol. The summed E-state index contributed by atoms with van der Waals surface area (Å²) >= 11 is 0. The van der Waals surface area contributed by atoms with E-state index >= 15 is 0 Å². The molecule has 3 nitrogen and oxygen atoms in total. The third kappa shape index (κ3) is 4.74. The van der Waals surface area contributed by atoms with Crippen molar-refractivity contribution in [3.8, 4) is 0 Å². The number of nitrogens with one attached hydrogen (secondary N) is 1. The van der Waals surface area contributed by atoms with Crippen LogP contribution in [0, 0.1) is 5.82 Å². The van der Waals surface area contributed by atoms with E-state index in [0.717, 1.165) is 12.0 Å². The van der Waals surface area contributed by atoms with Gasteiger partial charge in [-0.25, -0.2) is 12.8 Å². The Morgan fingerprint density at radius 2 is 1.83 bits per heavy atom. The third-order valence-corrected chi connectivity index (χ3v) is 4.63. The Balaban J connectivity index is 2.55. The largest absolute Gasteiger partial charge is 0.309 e. The van der Waals surface area contributed by atoms with Crippen LogP contribution in [0.1, 0.15) is 31.9 Å². The van der Waals surface area contributed by atoms with Crippen LogP contribution in [0.3, 0.4) is 0 Å². The second-order valence-electron chi connectivity index (χ2n) is 4.20. The van der Waals surface area contributed by atoms with Gasteiger partial charge in [0.15, 0.2) is 9.84 Å². The summed E-state index contributed by atoms with van der Waals surface area (Å²) in [5, 5.41) is 3.19. The molecule has 0 spiro atoms. The van der Waals surface area contributed by atoms with E-state index in [4.69, 9.17) is 0 Å². The lowest BCUT2D eigenvalue weighted by molar-refractivity contribution is 0.530. The number of hydrogen-bond donors (Lipinski definition) is 1. The number of rotatable bonds is 7. The topological polar surface area (TPSA) is 46.2 Å². The van der Waals surface area contributed by atoms with Crippen molar-refractivity contribution in [2.45, 2.75) is 26.3 Å². The van der Waals surface area contributed by atoms with Gasteiger partial charge in [0.25, 0.3) is 0 Å². The van der Waals surface area contributed by atoms with Gasteiger partial charge in [-0.15, -0.1) is 0 Å². The predicted octanol–water partition coefficient (Wildman–Crippen LogP) is 2.30. The highest BCUT2D eigenvalue weighted by Gasteiger charge is 2.11. The third-order valence-electron chi connectivity index (χ3n) is 2.92. The van der Waals surface area contributed by atoms with E-state index in [2.05, 4.69) is 5.32 Å². The lowest BCUT2D eigenvalue weighted by Crippen LogP contribution is -2.27. The van der Waals surface area contributed by atoms with Gasteiger partial charge in [-0.1, -0.05) is 26.0 Å². The first-order valence-electron chi connectivity index (χ1n) is 6.17. The molecular formula is C13H20FNO2S. The molecule has 1 unspecified atom stereocenters. The quantitative estimate of drug-likeness (QED) is 0.829. The minimum absolute atomic E-state index is 0.0673. The van der Waals surface area contributed by atoms with Crippen LogP contribution in [0.15, 0.2) is 24.3 Å². The molecule has 1 aromatic rings. The van der Waals surface area contributed by atoms with Crippen LogP contribution in [0.25, 0.3) is 0 Å². The molecule has 0 fully saturated rings. The van der Waals surface area contributed by atoms with Crippen molar-refractivity contribution in [2.75, 3.05) is 18.1 Å². The van der Waals surface area contributed by atoms with Gasteiger partial charge < -0.3 is 5.32 Å². The van der Waals surface area contributed by atoms with Crippen molar-refractivity contribution in [1.29, 1.82) is 0 Å². The van der Waals surface area contributed by atoms with Crippen molar-refractivity contribution < 1.29 is 12.8 Å². The number of halogens is 1. The summed E-state index contributed by atoms with van der Waals surface area (Å²) in [5.74, 6) is 0.0469. The molecule has 0 saturated heterocycles. The highest BCUT2D eigenvalue weighted by atomic mass is 32.2. The van der Waals surface area contributed by atoms with Crippen LogP contribution in [0.2, 0.25) is 0 Å². The molecule has 0 aromatic heterocycles. The normalized spacial score (nSPS) is 13.5. The highest BCUT2D eigenvalue weighted by molar-refractivity contribution is 7.91. The van der Waals surface area contributed by atoms with Gasteiger partial charge in [-0.05, 0) is 24.1 Å². The van der Waals surface area contributed by atoms with E-state index in [1.165, 1.54) is 12.1 Å². The molecule has 18 heavy (non-hydrogen) atoms. The van der Waals surface area contributed by atoms with Crippen molar-refractivity contribution in [1.82, 2.24) is 5.32 Å². The standard InChI is InChI=1S/C13H20FNO2S/c1-3-13(11-5-7-12(14)8-6-11)15-9-10-18(16,17)4-2/h5-8,13,15H,3-4,9-10H2,1-2H3. The van der Waals surface area contributed by atoms with Gasteiger partial charge >= 0.3 is 0 Å². The summed E-state index contributed by atoms with van der Waals surface area (Å²) < 4.78 is 35.5. The SMILES string of the molecule is CCC(NCCS(=O)(=O)CC)c1ccc(F)cc1. The lowest BCUT2D eigenvalue weighted by Gasteiger charge is -2.17. The van der Waals surface area contributed by atoms with Crippen LogP contribution < -0.4 is 5.32 Å². The Bertz CT molecular complexity index is 456. The summed E-state index contributed by atoms with van der Waals surface area (Å²) in [6.45, 7) is 4.08. The first-order valence-corrected chi connectivity index (χ1v) is 8.00. The van der Waals surface area contributed by atoms with Crippen LogP contribution in [0.5, 0.6) is 0 Å². The van der Waals surface area contributed by atoms with Gasteiger partial charge in [-0.2, -0.15) is 0 Å². The van der Waals surface area contributed by atoms with Crippen molar-refractivity contribution in [2.24, 2.45) is 0 Å². The molecule has 0 saturated carbocycles. The first-order chi connectivity index (χ1) is 8.48. The maximum atomic E-state index is 12.8. The molecule has 0 amide bonds. The fourth-order valence-electron chi connectivity index (χ4n) is 1.73. The summed E-state index contributed by atoms with van der Waals surface area (Å²) in [4.78, 5) is 0. The first kappa shape index (κ1) is 15.1. The number of benzene rings is 1. The Labute approximate surface area is 108 Å². The zero-order chi connectivity index (χ0) is 13.6. The average Bonchev–Trinajstić information content (AvgIpc) is 2.36. The maximum absolute atomic E-state index is 12.8. The Morgan fingerprint density at radius 1 is 1.22 bits per heavy atom. The molecular weight excluding hydrogens is 253 g/mol. The zero-order valence-corrected chi connectivity index (χ0v) is 11.6. The zero-order valence-electron chi connectivity index (χ0n) is 10.8. The summed E-state index contributed by atoms with van der Waals surface area (Å²) in [5.41, 5.74) is 0.979. The Morgan fingerprint density at radius 3 is 2.33 bits per heavy atom. The number of hydrogen-bond acceptors (Lipinski definition) is 3. The van der Waals surface area contributed by atoms with E-state index in [9.17, 15) is 12.8 Å². The monoisotopic (exact) mass is 273 g/mol. The van der Waals surface area contributed by atoms with Crippen molar-refractivity contribution >= 4 is 9.84 Å². The van der Waals surface area contributed by atoms with E-state index in [-0.39, 0.29) is 23.4 Å². The van der Waals surface area contributed by atoms with Crippen molar-refractivity contribution in [3.63, 3.8) is 0 Å². The van der Waals surface area contributed by atoms with E-state index in [0.29, 0.717) is 6.54 Å². The summed E-state index contributed by atoms with van der Waals surface area (Å²) in [6.07, 6.45) is 0.831. The van der Waals surface area contributed by atoms with Crippen LogP contribution in [-0.4, -0.2) is 26.5 Å². The molecule has 0 radical (unpaired) electrons. The fraction of sp³-hybridized carbons (Fsp3) is 0.538. The lowest BCUT2D eigenvalue weighted by atomic mass is 10.0. The van der Waals surface area contributed by atoms with Crippen molar-refractivity contribution in [3.05, 3.63) is 35.6 Å². The second-order valence-corrected chi connectivity index (χ2v) is 6.68. The highest BCUT2D eigenvalue weighted by Crippen LogP contribution is 2.16. The molecule has 1 aromatic carbocycles. The summed E-state index contributed by atoms with van der Waals surface area (Å²) in [6, 6.07) is 6.36. The van der Waals surface area contributed by atoms with Gasteiger partial charge in [-0.3, -0.25) is 0 Å². The van der Waals surface area contributed by atoms with Gasteiger partial charge in [0.1, 0.15) is 5.82 Å². The molecule has 0 aliphatic heterocycles. The minimum Gasteiger partial charge on any atom is -0.309 e. The van der Waals surface area contributed by atoms with E-state index < -0.39 is 9.84 Å². The molecule has 0 heterocycles. The molecule has 1 rings (SSSR count). The summed E-state index contributed by atoms with van der Waals surface area (Å²) in [7, 11) is -2.93. The molecule has 102 valence electrons. The minimum atomic E-state index is -2.93. The number of sulfone groups is 1. The van der Waals surface area contributed by atoms with Gasteiger partial charge in [0.2, 0.25) is 0 Å². The molecule has 0 bridgehead atoms. The molecule has 0 aliphatic rings. The maximum Gasteiger partial charge on any atom is 0.151 e. The average molecular weight is 273 g/mol. The smallest absolute Gasteiger partial charge is 0.151 e. The molecule has 1 atom stereocenters. The van der Waals surface area contributed by atoms with E-state index in [1.54, 1.807) is 19.1 Å².